The molecule has 2 rings (SSSR count). The molecule has 0 aliphatic carbocycles. The Kier molecular flexibility index (Phi) is 4.80. The van der Waals surface area contributed by atoms with Gasteiger partial charge in [-0.25, -0.2) is 4.79 Å². The number of para-hydroxylation sites is 1. The quantitative estimate of drug-likeness (QED) is 0.890. The molecule has 0 spiro atoms. The lowest BCUT2D eigenvalue weighted by atomic mass is 9.99. The van der Waals surface area contributed by atoms with E-state index in [-0.39, 0.29) is 18.5 Å². The number of hydrogen-bond donors (Lipinski definition) is 2. The van der Waals surface area contributed by atoms with E-state index in [1.54, 1.807) is 18.1 Å². The normalized spacial score (nSPS) is 21.3. The Balaban J connectivity index is 2.04. The number of carbonyl (C=O) groups is 2. The van der Waals surface area contributed by atoms with Gasteiger partial charge in [0.25, 0.3) is 0 Å². The number of benzene rings is 1. The third-order valence-corrected chi connectivity index (χ3v) is 3.78. The number of likely N-dealkylation sites (tertiary alicyclic amines) is 1. The van der Waals surface area contributed by atoms with Gasteiger partial charge in [0.15, 0.2) is 0 Å². The summed E-state index contributed by atoms with van der Waals surface area (Å²) in [6, 6.07) is 7.13. The first kappa shape index (κ1) is 15.3. The summed E-state index contributed by atoms with van der Waals surface area (Å²) in [5.41, 5.74) is 1.58. The van der Waals surface area contributed by atoms with Gasteiger partial charge < -0.3 is 20.1 Å². The minimum absolute atomic E-state index is 0.0394. The van der Waals surface area contributed by atoms with E-state index in [4.69, 9.17) is 9.84 Å². The van der Waals surface area contributed by atoms with Gasteiger partial charge in [-0.05, 0) is 12.0 Å². The van der Waals surface area contributed by atoms with E-state index >= 15 is 0 Å². The molecule has 6 heteroatoms. The summed E-state index contributed by atoms with van der Waals surface area (Å²) in [5, 5.41) is 11.9. The number of carbonyl (C=O) groups excluding carboxylic acids is 1. The summed E-state index contributed by atoms with van der Waals surface area (Å²) in [5.74, 6) is -1.38. The highest BCUT2D eigenvalue weighted by molar-refractivity contribution is 5.90. The third kappa shape index (κ3) is 3.52. The number of hydrogen-bond acceptors (Lipinski definition) is 3. The van der Waals surface area contributed by atoms with Gasteiger partial charge in [-0.15, -0.1) is 0 Å². The first-order chi connectivity index (χ1) is 10.0. The summed E-state index contributed by atoms with van der Waals surface area (Å²) >= 11 is 0. The van der Waals surface area contributed by atoms with E-state index in [1.807, 2.05) is 25.1 Å². The number of nitrogens with one attached hydrogen (secondary N) is 1. The molecule has 1 aliphatic rings. The van der Waals surface area contributed by atoms with Crippen LogP contribution in [0.1, 0.15) is 12.5 Å². The van der Waals surface area contributed by atoms with Gasteiger partial charge in [0, 0.05) is 31.5 Å². The predicted octanol–water partition coefficient (Wildman–Crippen LogP) is 2.02. The summed E-state index contributed by atoms with van der Waals surface area (Å²) in [4.78, 5) is 24.9. The lowest BCUT2D eigenvalue weighted by molar-refractivity contribution is -0.142. The van der Waals surface area contributed by atoms with Crippen LogP contribution in [0.15, 0.2) is 24.3 Å². The molecule has 21 heavy (non-hydrogen) atoms. The van der Waals surface area contributed by atoms with Crippen LogP contribution in [0.25, 0.3) is 0 Å². The van der Waals surface area contributed by atoms with Crippen molar-refractivity contribution in [3.8, 4) is 0 Å². The van der Waals surface area contributed by atoms with Crippen molar-refractivity contribution in [1.82, 2.24) is 4.90 Å². The van der Waals surface area contributed by atoms with Gasteiger partial charge >= 0.3 is 12.0 Å². The van der Waals surface area contributed by atoms with E-state index in [0.29, 0.717) is 18.8 Å². The molecule has 2 unspecified atom stereocenters. The molecule has 6 nitrogen and oxygen atoms in total. The van der Waals surface area contributed by atoms with Gasteiger partial charge in [0.1, 0.15) is 0 Å². The minimum Gasteiger partial charge on any atom is -0.481 e. The fourth-order valence-electron chi connectivity index (χ4n) is 2.57. The number of methoxy groups -OCH3 is 1. The number of nitrogens with zero attached hydrogens (tertiary/aromatic N) is 1. The lowest BCUT2D eigenvalue weighted by Gasteiger charge is -2.18. The second-order valence-electron chi connectivity index (χ2n) is 5.35. The van der Waals surface area contributed by atoms with Gasteiger partial charge in [-0.2, -0.15) is 0 Å². The highest BCUT2D eigenvalue weighted by Gasteiger charge is 2.37. The van der Waals surface area contributed by atoms with Crippen molar-refractivity contribution >= 4 is 17.7 Å². The molecule has 1 saturated heterocycles. The molecular formula is C15H20N2O4. The topological polar surface area (TPSA) is 78.9 Å². The molecule has 0 bridgehead atoms. The van der Waals surface area contributed by atoms with E-state index in [0.717, 1.165) is 5.56 Å². The van der Waals surface area contributed by atoms with Crippen molar-refractivity contribution in [2.75, 3.05) is 25.5 Å². The summed E-state index contributed by atoms with van der Waals surface area (Å²) < 4.78 is 5.10. The smallest absolute Gasteiger partial charge is 0.321 e. The lowest BCUT2D eigenvalue weighted by Crippen LogP contribution is -2.34. The average molecular weight is 292 g/mol. The average Bonchev–Trinajstić information content (AvgIpc) is 2.83. The van der Waals surface area contributed by atoms with Crippen LogP contribution in [-0.4, -0.2) is 42.2 Å². The van der Waals surface area contributed by atoms with Crippen molar-refractivity contribution in [3.63, 3.8) is 0 Å². The number of carboxylic acid groups (broad SMARTS) is 1. The molecule has 1 heterocycles. The maximum Gasteiger partial charge on any atom is 0.321 e. The Morgan fingerprint density at radius 1 is 1.38 bits per heavy atom. The Morgan fingerprint density at radius 3 is 2.71 bits per heavy atom. The molecule has 2 atom stereocenters. The minimum atomic E-state index is -0.849. The molecule has 1 fully saturated rings. The van der Waals surface area contributed by atoms with Crippen LogP contribution in [0.4, 0.5) is 10.5 Å². The Hall–Kier alpha value is -2.08. The van der Waals surface area contributed by atoms with Crippen LogP contribution in [0, 0.1) is 11.8 Å². The standard InChI is InChI=1S/C15H20N2O4/c1-10-7-17(8-12(10)14(18)19)15(20)16-13-6-4-3-5-11(13)9-21-2/h3-6,10,12H,7-9H2,1-2H3,(H,16,20)(H,18,19). The van der Waals surface area contributed by atoms with Crippen LogP contribution in [-0.2, 0) is 16.1 Å². The molecule has 0 radical (unpaired) electrons. The SMILES string of the molecule is COCc1ccccc1NC(=O)N1CC(C)C(C(=O)O)C1. The van der Waals surface area contributed by atoms with E-state index in [2.05, 4.69) is 5.32 Å². The molecule has 1 aromatic carbocycles. The largest absolute Gasteiger partial charge is 0.481 e. The first-order valence-corrected chi connectivity index (χ1v) is 6.88. The predicted molar refractivity (Wildman–Crippen MR) is 78.0 cm³/mol. The summed E-state index contributed by atoms with van der Waals surface area (Å²) in [6.07, 6.45) is 0. The zero-order valence-corrected chi connectivity index (χ0v) is 12.2. The zero-order chi connectivity index (χ0) is 15.4. The second kappa shape index (κ2) is 6.58. The molecule has 2 N–H and O–H groups in total. The number of carboxylic acids is 1. The third-order valence-electron chi connectivity index (χ3n) is 3.78. The van der Waals surface area contributed by atoms with E-state index in [9.17, 15) is 9.59 Å². The van der Waals surface area contributed by atoms with Crippen molar-refractivity contribution < 1.29 is 19.4 Å². The van der Waals surface area contributed by atoms with Crippen LogP contribution < -0.4 is 5.32 Å². The molecular weight excluding hydrogens is 272 g/mol. The zero-order valence-electron chi connectivity index (χ0n) is 12.2. The maximum atomic E-state index is 12.3. The molecule has 0 saturated carbocycles. The maximum absolute atomic E-state index is 12.3. The molecule has 2 amide bonds. The number of urea groups is 1. The van der Waals surface area contributed by atoms with Gasteiger partial charge in [0.05, 0.1) is 12.5 Å². The summed E-state index contributed by atoms with van der Waals surface area (Å²) in [7, 11) is 1.60. The number of rotatable bonds is 4. The van der Waals surface area contributed by atoms with Gasteiger partial charge in [0.2, 0.25) is 0 Å². The van der Waals surface area contributed by atoms with E-state index in [1.165, 1.54) is 0 Å². The van der Waals surface area contributed by atoms with E-state index < -0.39 is 11.9 Å². The molecule has 0 aromatic heterocycles. The second-order valence-corrected chi connectivity index (χ2v) is 5.35. The fourth-order valence-corrected chi connectivity index (χ4v) is 2.57. The number of amides is 2. The fraction of sp³-hybridized carbons (Fsp3) is 0.467. The first-order valence-electron chi connectivity index (χ1n) is 6.88. The van der Waals surface area contributed by atoms with Crippen LogP contribution >= 0.6 is 0 Å². The highest BCUT2D eigenvalue weighted by atomic mass is 16.5. The molecule has 1 aliphatic heterocycles. The van der Waals surface area contributed by atoms with Gasteiger partial charge in [-0.3, -0.25) is 4.79 Å². The molecule has 1 aromatic rings. The summed E-state index contributed by atoms with van der Waals surface area (Å²) in [6.45, 7) is 2.96. The Labute approximate surface area is 123 Å². The highest BCUT2D eigenvalue weighted by Crippen LogP contribution is 2.24. The van der Waals surface area contributed by atoms with Crippen molar-refractivity contribution in [3.05, 3.63) is 29.8 Å². The van der Waals surface area contributed by atoms with Gasteiger partial charge in [-0.1, -0.05) is 25.1 Å². The Morgan fingerprint density at radius 2 is 2.10 bits per heavy atom. The number of anilines is 1. The van der Waals surface area contributed by atoms with Crippen molar-refractivity contribution in [2.24, 2.45) is 11.8 Å². The van der Waals surface area contributed by atoms with Crippen LogP contribution in [0.5, 0.6) is 0 Å². The van der Waals surface area contributed by atoms with Crippen LogP contribution in [0.2, 0.25) is 0 Å². The monoisotopic (exact) mass is 292 g/mol. The number of ether oxygens (including phenoxy) is 1. The van der Waals surface area contributed by atoms with Crippen molar-refractivity contribution in [1.29, 1.82) is 0 Å². The molecule has 114 valence electrons. The van der Waals surface area contributed by atoms with Crippen LogP contribution in [0.3, 0.4) is 0 Å². The van der Waals surface area contributed by atoms with Crippen molar-refractivity contribution in [2.45, 2.75) is 13.5 Å². The number of aliphatic carboxylic acids is 1. The Bertz CT molecular complexity index is 532.